The van der Waals surface area contributed by atoms with Gasteiger partial charge < -0.3 is 43.4 Å². The van der Waals surface area contributed by atoms with Gasteiger partial charge >= 0.3 is 0 Å². The maximum absolute atomic E-state index is 14.3. The van der Waals surface area contributed by atoms with Crippen LogP contribution in [0.2, 0.25) is 5.02 Å². The van der Waals surface area contributed by atoms with Crippen LogP contribution in [0, 0.1) is 5.92 Å². The van der Waals surface area contributed by atoms with E-state index in [2.05, 4.69) is 10.3 Å². The van der Waals surface area contributed by atoms with Crippen molar-refractivity contribution in [2.24, 2.45) is 5.92 Å². The van der Waals surface area contributed by atoms with E-state index >= 15 is 0 Å². The largest absolute Gasteiger partial charge is 0.507 e. The van der Waals surface area contributed by atoms with Gasteiger partial charge in [0.25, 0.3) is 0 Å². The molecule has 2 N–H and O–H groups in total. The lowest BCUT2D eigenvalue weighted by Gasteiger charge is -2.38. The van der Waals surface area contributed by atoms with Crippen LogP contribution in [-0.4, -0.2) is 79.8 Å². The number of imidazole rings is 1. The van der Waals surface area contributed by atoms with Crippen molar-refractivity contribution in [2.75, 3.05) is 42.1 Å². The number of aliphatic hydroxyl groups is 1. The van der Waals surface area contributed by atoms with Crippen molar-refractivity contribution >= 4 is 29.1 Å². The number of ether oxygens (including phenoxy) is 6. The molecule has 0 radical (unpaired) electrons. The van der Waals surface area contributed by atoms with Gasteiger partial charge in [-0.25, -0.2) is 4.98 Å². The molecule has 1 aromatic heterocycles. The molecule has 0 saturated carbocycles. The smallest absolute Gasteiger partial charge is 0.231 e. The van der Waals surface area contributed by atoms with Crippen LogP contribution < -0.4 is 33.7 Å². The number of methoxy groups -OCH3 is 5. The molecule has 0 bridgehead atoms. The highest BCUT2D eigenvalue weighted by Crippen LogP contribution is 2.56. The summed E-state index contributed by atoms with van der Waals surface area (Å²) in [6, 6.07) is 4.65. The number of nitrogens with one attached hydrogen (secondary N) is 1. The molecule has 1 unspecified atom stereocenters. The molecule has 1 aliphatic heterocycles. The summed E-state index contributed by atoms with van der Waals surface area (Å²) in [6.07, 6.45) is 4.56. The number of rotatable bonds is 12. The first-order chi connectivity index (χ1) is 22.6. The van der Waals surface area contributed by atoms with Gasteiger partial charge in [0, 0.05) is 61.8 Å². The normalized spacial score (nSPS) is 19.3. The van der Waals surface area contributed by atoms with E-state index < -0.39 is 40.7 Å². The number of amides is 1. The third-order valence-electron chi connectivity index (χ3n) is 8.59. The second kappa shape index (κ2) is 13.4. The molecule has 3 aromatic rings. The van der Waals surface area contributed by atoms with Gasteiger partial charge in [0.1, 0.15) is 22.1 Å². The van der Waals surface area contributed by atoms with E-state index in [1.165, 1.54) is 41.6 Å². The molecule has 1 amide bonds. The highest BCUT2D eigenvalue weighted by Gasteiger charge is 2.61. The number of aliphatic hydroxyl groups excluding tert-OH is 1. The van der Waals surface area contributed by atoms with Crippen molar-refractivity contribution in [3.63, 3.8) is 0 Å². The van der Waals surface area contributed by atoms with Gasteiger partial charge in [-0.1, -0.05) is 18.5 Å². The number of fused-ring (bicyclic) bond motifs is 1. The lowest BCUT2D eigenvalue weighted by atomic mass is 9.69. The number of allylic oxidation sites excluding steroid dienone is 1. The van der Waals surface area contributed by atoms with Crippen LogP contribution in [-0.2, 0) is 16.1 Å². The summed E-state index contributed by atoms with van der Waals surface area (Å²) < 4.78 is 35.5. The third-order valence-corrected chi connectivity index (χ3v) is 8.95. The van der Waals surface area contributed by atoms with E-state index in [1.807, 2.05) is 0 Å². The number of Topliss-reactive ketones (excluding diaryl/α,β-unsaturated/α-hetero) is 2. The quantitative estimate of drug-likeness (QED) is 0.283. The average Bonchev–Trinajstić information content (AvgIpc) is 3.70. The fourth-order valence-corrected chi connectivity index (χ4v) is 6.49. The van der Waals surface area contributed by atoms with E-state index in [0.717, 1.165) is 0 Å². The Morgan fingerprint density at radius 2 is 1.72 bits per heavy atom. The molecule has 0 fully saturated rings. The van der Waals surface area contributed by atoms with Crippen LogP contribution in [0.1, 0.15) is 41.6 Å². The molecule has 47 heavy (non-hydrogen) atoms. The number of hydrogen-bond donors (Lipinski definition) is 2. The molecule has 2 heterocycles. The summed E-state index contributed by atoms with van der Waals surface area (Å²) in [6.45, 7) is 2.36. The van der Waals surface area contributed by atoms with Gasteiger partial charge in [0.15, 0.2) is 28.8 Å². The highest BCUT2D eigenvalue weighted by atomic mass is 35.5. The Kier molecular flexibility index (Phi) is 9.57. The van der Waals surface area contributed by atoms with E-state index in [-0.39, 0.29) is 64.3 Å². The summed E-state index contributed by atoms with van der Waals surface area (Å²) >= 11 is 6.60. The lowest BCUT2D eigenvalue weighted by molar-refractivity contribution is -0.121. The molecule has 0 saturated heterocycles. The molecular formula is C33H36ClN3O10. The van der Waals surface area contributed by atoms with Crippen molar-refractivity contribution in [1.82, 2.24) is 14.9 Å². The predicted octanol–water partition coefficient (Wildman–Crippen LogP) is 4.30. The Balaban J connectivity index is 1.65. The number of carbonyl (C=O) groups excluding carboxylic acids is 3. The van der Waals surface area contributed by atoms with Crippen LogP contribution in [0.5, 0.6) is 34.5 Å². The van der Waals surface area contributed by atoms with E-state index in [4.69, 9.17) is 40.0 Å². The minimum atomic E-state index is -2.04. The minimum absolute atomic E-state index is 0.00502. The van der Waals surface area contributed by atoms with Crippen molar-refractivity contribution in [1.29, 1.82) is 0 Å². The molecular weight excluding hydrogens is 634 g/mol. The first-order valence-electron chi connectivity index (χ1n) is 14.7. The molecule has 250 valence electrons. The molecule has 5 rings (SSSR count). The molecule has 3 atom stereocenters. The zero-order valence-corrected chi connectivity index (χ0v) is 27.6. The van der Waals surface area contributed by atoms with Gasteiger partial charge in [-0.15, -0.1) is 0 Å². The van der Waals surface area contributed by atoms with Gasteiger partial charge in [-0.05, 0) is 17.7 Å². The SMILES string of the molecule is COc1cc(OC)c2c(c1Cl)O[C@]1(C2=O)C(O)=C(C(CC(=O)NCCn2ccnc2)c2cc(OC)c(OC)c(OC)c2)C(=O)C[C@H]1C. The van der Waals surface area contributed by atoms with Crippen LogP contribution >= 0.6 is 11.6 Å². The first-order valence-corrected chi connectivity index (χ1v) is 15.1. The highest BCUT2D eigenvalue weighted by molar-refractivity contribution is 6.35. The van der Waals surface area contributed by atoms with Crippen LogP contribution in [0.15, 0.2) is 48.3 Å². The van der Waals surface area contributed by atoms with Gasteiger partial charge in [0.2, 0.25) is 23.0 Å². The second-order valence-electron chi connectivity index (χ2n) is 11.1. The summed E-state index contributed by atoms with van der Waals surface area (Å²) in [7, 11) is 7.10. The Labute approximate surface area is 276 Å². The van der Waals surface area contributed by atoms with Crippen molar-refractivity contribution < 1.29 is 47.9 Å². The van der Waals surface area contributed by atoms with E-state index in [0.29, 0.717) is 17.9 Å². The Hall–Kier alpha value is -4.91. The van der Waals surface area contributed by atoms with E-state index in [9.17, 15) is 19.5 Å². The van der Waals surface area contributed by atoms with E-state index in [1.54, 1.807) is 42.3 Å². The van der Waals surface area contributed by atoms with Crippen LogP contribution in [0.25, 0.3) is 0 Å². The van der Waals surface area contributed by atoms with Crippen molar-refractivity contribution in [2.45, 2.75) is 37.8 Å². The number of aromatic nitrogens is 2. The predicted molar refractivity (Wildman–Crippen MR) is 169 cm³/mol. The van der Waals surface area contributed by atoms with Crippen molar-refractivity contribution in [3.8, 4) is 34.5 Å². The fraction of sp³-hybridized carbons (Fsp3) is 0.394. The first kappa shape index (κ1) is 33.5. The molecule has 13 nitrogen and oxygen atoms in total. The molecule has 2 aromatic carbocycles. The molecule has 14 heteroatoms. The topological polar surface area (TPSA) is 157 Å². The standard InChI is InChI=1S/C33H36ClN3O10/c1-17-11-20(38)26(31(40)33(17)32(41)27-21(42-2)15-22(43-3)28(34)30(27)47-33)19(14-25(39)36-8-10-37-9-7-35-16-37)18-12-23(44-4)29(46-6)24(13-18)45-5/h7,9,12-13,15-17,19,40H,8,10-11,14H2,1-6H3,(H,36,39)/t17-,19?,33+/m1/s1. The molecule has 1 aliphatic carbocycles. The molecule has 2 aliphatic rings. The fourth-order valence-electron chi connectivity index (χ4n) is 6.23. The Bertz CT molecular complexity index is 1710. The minimum Gasteiger partial charge on any atom is -0.507 e. The number of halogens is 1. The summed E-state index contributed by atoms with van der Waals surface area (Å²) in [5.74, 6) is -2.93. The summed E-state index contributed by atoms with van der Waals surface area (Å²) in [5, 5.41) is 15.0. The Morgan fingerprint density at radius 3 is 2.30 bits per heavy atom. The average molecular weight is 670 g/mol. The second-order valence-corrected chi connectivity index (χ2v) is 11.5. The molecule has 1 spiro atoms. The number of nitrogens with zero attached hydrogens (tertiary/aromatic N) is 2. The van der Waals surface area contributed by atoms with Gasteiger partial charge in [-0.2, -0.15) is 0 Å². The number of hydrogen-bond acceptors (Lipinski definition) is 11. The Morgan fingerprint density at radius 1 is 1.06 bits per heavy atom. The zero-order chi connectivity index (χ0) is 34.0. The number of ketones is 2. The lowest BCUT2D eigenvalue weighted by Crippen LogP contribution is -2.53. The van der Waals surface area contributed by atoms with Crippen LogP contribution in [0.3, 0.4) is 0 Å². The van der Waals surface area contributed by atoms with Gasteiger partial charge in [-0.3, -0.25) is 14.4 Å². The number of carbonyl (C=O) groups is 3. The summed E-state index contributed by atoms with van der Waals surface area (Å²) in [4.78, 5) is 45.8. The number of benzene rings is 2. The van der Waals surface area contributed by atoms with Crippen molar-refractivity contribution in [3.05, 3.63) is 64.4 Å². The zero-order valence-electron chi connectivity index (χ0n) is 26.8. The van der Waals surface area contributed by atoms with Crippen LogP contribution in [0.4, 0.5) is 0 Å². The monoisotopic (exact) mass is 669 g/mol. The maximum Gasteiger partial charge on any atom is 0.231 e. The third kappa shape index (κ3) is 5.69. The summed E-state index contributed by atoms with van der Waals surface area (Å²) in [5.41, 5.74) is -1.80. The maximum atomic E-state index is 14.3. The van der Waals surface area contributed by atoms with Gasteiger partial charge in [0.05, 0.1) is 41.9 Å².